The number of aliphatic hydroxyl groups is 1. The second-order valence-electron chi connectivity index (χ2n) is 3.50. The number of rotatable bonds is 4. The van der Waals surface area contributed by atoms with Crippen LogP contribution in [0.25, 0.3) is 0 Å². The van der Waals surface area contributed by atoms with Crippen molar-refractivity contribution < 1.29 is 5.11 Å². The summed E-state index contributed by atoms with van der Waals surface area (Å²) in [5.74, 6) is 0. The zero-order valence-corrected chi connectivity index (χ0v) is 9.92. The average molecular weight is 258 g/mol. The third-order valence-corrected chi connectivity index (χ3v) is 2.92. The Hall–Kier alpha value is -0.380. The van der Waals surface area contributed by atoms with E-state index < -0.39 is 0 Å². The van der Waals surface area contributed by atoms with Gasteiger partial charge in [-0.05, 0) is 37.0 Å². The molecule has 0 saturated carbocycles. The molecule has 1 atom stereocenters. The minimum atomic E-state index is 0.0112. The van der Waals surface area contributed by atoms with Crippen LogP contribution in [0.3, 0.4) is 0 Å². The van der Waals surface area contributed by atoms with Gasteiger partial charge in [0.05, 0.1) is 0 Å². The summed E-state index contributed by atoms with van der Waals surface area (Å²) in [5, 5.41) is 8.71. The van der Waals surface area contributed by atoms with Gasteiger partial charge in [0.1, 0.15) is 0 Å². The van der Waals surface area contributed by atoms with Gasteiger partial charge in [0.25, 0.3) is 0 Å². The van der Waals surface area contributed by atoms with E-state index in [9.17, 15) is 0 Å². The number of halogens is 1. The Morgan fingerprint density at radius 3 is 2.79 bits per heavy atom. The lowest BCUT2D eigenvalue weighted by atomic mass is 10.0. The van der Waals surface area contributed by atoms with Crippen LogP contribution in [0.15, 0.2) is 22.7 Å². The summed E-state index contributed by atoms with van der Waals surface area (Å²) >= 11 is 3.50. The molecular formula is C11H16BrNO. The van der Waals surface area contributed by atoms with Crippen LogP contribution < -0.4 is 5.73 Å². The van der Waals surface area contributed by atoms with Gasteiger partial charge in [-0.2, -0.15) is 0 Å². The Morgan fingerprint density at radius 1 is 1.50 bits per heavy atom. The summed E-state index contributed by atoms with van der Waals surface area (Å²) in [6.45, 7) is 2.25. The third-order valence-electron chi connectivity index (χ3n) is 2.23. The van der Waals surface area contributed by atoms with Crippen molar-refractivity contribution in [2.45, 2.75) is 25.8 Å². The molecule has 0 aliphatic heterocycles. The summed E-state index contributed by atoms with van der Waals surface area (Å²) in [6, 6.07) is 6.17. The van der Waals surface area contributed by atoms with Crippen LogP contribution in [0.5, 0.6) is 0 Å². The van der Waals surface area contributed by atoms with Gasteiger partial charge in [-0.3, -0.25) is 0 Å². The first-order chi connectivity index (χ1) is 6.65. The van der Waals surface area contributed by atoms with Crippen molar-refractivity contribution in [2.24, 2.45) is 5.73 Å². The van der Waals surface area contributed by atoms with E-state index in [2.05, 4.69) is 28.1 Å². The van der Waals surface area contributed by atoms with Crippen LogP contribution in [-0.4, -0.2) is 11.7 Å². The standard InChI is InChI=1S/C11H16BrNO/c1-8-4-5-9(10(12)7-8)11(13)3-2-6-14/h4-5,7,11,14H,2-3,6,13H2,1H3/t11-/m1/s1. The minimum absolute atomic E-state index is 0.0112. The second-order valence-corrected chi connectivity index (χ2v) is 4.35. The Kier molecular flexibility index (Phi) is 4.58. The minimum Gasteiger partial charge on any atom is -0.396 e. The van der Waals surface area contributed by atoms with Crippen LogP contribution in [0.2, 0.25) is 0 Å². The van der Waals surface area contributed by atoms with Crippen molar-refractivity contribution in [3.63, 3.8) is 0 Å². The number of nitrogens with two attached hydrogens (primary N) is 1. The molecule has 3 N–H and O–H groups in total. The van der Waals surface area contributed by atoms with Gasteiger partial charge < -0.3 is 10.8 Å². The lowest BCUT2D eigenvalue weighted by Gasteiger charge is -2.13. The molecule has 0 bridgehead atoms. The monoisotopic (exact) mass is 257 g/mol. The fourth-order valence-corrected chi connectivity index (χ4v) is 2.19. The number of benzene rings is 1. The summed E-state index contributed by atoms with van der Waals surface area (Å²) in [5.41, 5.74) is 8.32. The number of hydrogen-bond acceptors (Lipinski definition) is 2. The van der Waals surface area contributed by atoms with Crippen molar-refractivity contribution in [3.8, 4) is 0 Å². The lowest BCUT2D eigenvalue weighted by Crippen LogP contribution is -2.11. The molecule has 0 saturated heterocycles. The van der Waals surface area contributed by atoms with Crippen LogP contribution >= 0.6 is 15.9 Å². The van der Waals surface area contributed by atoms with E-state index in [0.717, 1.165) is 22.9 Å². The van der Waals surface area contributed by atoms with Gasteiger partial charge in [0, 0.05) is 17.1 Å². The predicted octanol–water partition coefficient (Wildman–Crippen LogP) is 2.53. The maximum absolute atomic E-state index is 8.71. The molecule has 0 amide bonds. The number of aryl methyl sites for hydroxylation is 1. The molecule has 1 rings (SSSR count). The molecule has 0 unspecified atom stereocenters. The Bertz CT molecular complexity index is 301. The van der Waals surface area contributed by atoms with E-state index in [1.807, 2.05) is 13.0 Å². The fraction of sp³-hybridized carbons (Fsp3) is 0.455. The number of aliphatic hydroxyl groups excluding tert-OH is 1. The molecule has 1 aromatic rings. The van der Waals surface area contributed by atoms with Gasteiger partial charge in [0.15, 0.2) is 0 Å². The molecular weight excluding hydrogens is 242 g/mol. The number of hydrogen-bond donors (Lipinski definition) is 2. The van der Waals surface area contributed by atoms with Crippen LogP contribution in [0.1, 0.15) is 30.0 Å². The van der Waals surface area contributed by atoms with Crippen LogP contribution in [0, 0.1) is 6.92 Å². The SMILES string of the molecule is Cc1ccc([C@H](N)CCCO)c(Br)c1. The van der Waals surface area contributed by atoms with Gasteiger partial charge in [-0.15, -0.1) is 0 Å². The van der Waals surface area contributed by atoms with E-state index >= 15 is 0 Å². The molecule has 2 nitrogen and oxygen atoms in total. The van der Waals surface area contributed by atoms with E-state index in [1.54, 1.807) is 0 Å². The topological polar surface area (TPSA) is 46.2 Å². The van der Waals surface area contributed by atoms with E-state index in [1.165, 1.54) is 5.56 Å². The first-order valence-corrected chi connectivity index (χ1v) is 5.57. The van der Waals surface area contributed by atoms with Gasteiger partial charge in [0.2, 0.25) is 0 Å². The molecule has 1 aromatic carbocycles. The van der Waals surface area contributed by atoms with Crippen molar-refractivity contribution in [2.75, 3.05) is 6.61 Å². The first kappa shape index (κ1) is 11.7. The molecule has 78 valence electrons. The molecule has 0 aliphatic rings. The normalized spacial score (nSPS) is 12.9. The molecule has 0 radical (unpaired) electrons. The highest BCUT2D eigenvalue weighted by molar-refractivity contribution is 9.10. The van der Waals surface area contributed by atoms with Crippen molar-refractivity contribution in [1.82, 2.24) is 0 Å². The second kappa shape index (κ2) is 5.49. The summed E-state index contributed by atoms with van der Waals surface area (Å²) in [7, 11) is 0. The highest BCUT2D eigenvalue weighted by Crippen LogP contribution is 2.25. The highest BCUT2D eigenvalue weighted by Gasteiger charge is 2.08. The Morgan fingerprint density at radius 2 is 2.21 bits per heavy atom. The summed E-state index contributed by atoms with van der Waals surface area (Å²) < 4.78 is 1.06. The molecule has 0 spiro atoms. The van der Waals surface area contributed by atoms with Gasteiger partial charge in [-0.25, -0.2) is 0 Å². The molecule has 0 aliphatic carbocycles. The summed E-state index contributed by atoms with van der Waals surface area (Å²) in [6.07, 6.45) is 1.57. The maximum atomic E-state index is 8.71. The molecule has 0 fully saturated rings. The molecule has 0 aromatic heterocycles. The Balaban J connectivity index is 2.74. The van der Waals surface area contributed by atoms with Gasteiger partial charge >= 0.3 is 0 Å². The smallest absolute Gasteiger partial charge is 0.0431 e. The lowest BCUT2D eigenvalue weighted by molar-refractivity contribution is 0.280. The van der Waals surface area contributed by atoms with E-state index in [4.69, 9.17) is 10.8 Å². The van der Waals surface area contributed by atoms with Crippen molar-refractivity contribution in [3.05, 3.63) is 33.8 Å². The highest BCUT2D eigenvalue weighted by atomic mass is 79.9. The zero-order chi connectivity index (χ0) is 10.6. The van der Waals surface area contributed by atoms with Crippen molar-refractivity contribution >= 4 is 15.9 Å². The predicted molar refractivity (Wildman–Crippen MR) is 62.1 cm³/mol. The quantitative estimate of drug-likeness (QED) is 0.871. The molecule has 14 heavy (non-hydrogen) atoms. The summed E-state index contributed by atoms with van der Waals surface area (Å²) in [4.78, 5) is 0. The third kappa shape index (κ3) is 3.08. The maximum Gasteiger partial charge on any atom is 0.0431 e. The first-order valence-electron chi connectivity index (χ1n) is 4.77. The van der Waals surface area contributed by atoms with Crippen molar-refractivity contribution in [1.29, 1.82) is 0 Å². The Labute approximate surface area is 93.3 Å². The van der Waals surface area contributed by atoms with E-state index in [0.29, 0.717) is 0 Å². The van der Waals surface area contributed by atoms with E-state index in [-0.39, 0.29) is 12.6 Å². The fourth-order valence-electron chi connectivity index (χ4n) is 1.40. The van der Waals surface area contributed by atoms with Gasteiger partial charge in [-0.1, -0.05) is 28.1 Å². The average Bonchev–Trinajstić information content (AvgIpc) is 2.14. The van der Waals surface area contributed by atoms with Crippen LogP contribution in [-0.2, 0) is 0 Å². The largest absolute Gasteiger partial charge is 0.396 e. The van der Waals surface area contributed by atoms with Crippen LogP contribution in [0.4, 0.5) is 0 Å². The molecule has 3 heteroatoms. The zero-order valence-electron chi connectivity index (χ0n) is 8.33. The molecule has 0 heterocycles.